The van der Waals surface area contributed by atoms with Gasteiger partial charge in [0.15, 0.2) is 0 Å². The largest absolute Gasteiger partial charge is 0.290 e. The van der Waals surface area contributed by atoms with E-state index in [1.54, 1.807) is 30.3 Å². The van der Waals surface area contributed by atoms with Crippen LogP contribution >= 0.6 is 0 Å². The molecule has 2 aromatic rings. The second-order valence-corrected chi connectivity index (χ2v) is 13.1. The third-order valence-electron chi connectivity index (χ3n) is 4.50. The topological polar surface area (TPSA) is 107 Å². The van der Waals surface area contributed by atoms with Crippen molar-refractivity contribution in [2.24, 2.45) is 3.77 Å². The molecule has 2 atom stereocenters. The molecule has 0 heterocycles. The second-order valence-electron chi connectivity index (χ2n) is 7.40. The maximum absolute atomic E-state index is 14.0. The Kier molecular flexibility index (Phi) is 8.82. The van der Waals surface area contributed by atoms with Gasteiger partial charge in [-0.1, -0.05) is 62.1 Å². The normalized spacial score (nSPS) is 15.2. The van der Waals surface area contributed by atoms with Crippen molar-refractivity contribution in [1.82, 2.24) is 0 Å². The summed E-state index contributed by atoms with van der Waals surface area (Å²) in [5.74, 6) is -0.348. The molecule has 0 bridgehead atoms. The summed E-state index contributed by atoms with van der Waals surface area (Å²) in [4.78, 5) is 0.136. The highest BCUT2D eigenvalue weighted by molar-refractivity contribution is 8.03. The van der Waals surface area contributed by atoms with E-state index in [2.05, 4.69) is 3.77 Å². The zero-order valence-electron chi connectivity index (χ0n) is 17.9. The van der Waals surface area contributed by atoms with Crippen LogP contribution < -0.4 is 0 Å². The van der Waals surface area contributed by atoms with Gasteiger partial charge in [-0.25, -0.2) is 4.21 Å². The molecule has 0 aliphatic heterocycles. The van der Waals surface area contributed by atoms with Gasteiger partial charge in [-0.15, -0.1) is 3.77 Å². The van der Waals surface area contributed by atoms with Gasteiger partial charge in [0.05, 0.1) is 32.7 Å². The number of rotatable bonds is 11. The van der Waals surface area contributed by atoms with Crippen molar-refractivity contribution in [2.45, 2.75) is 55.4 Å². The fourth-order valence-corrected chi connectivity index (χ4v) is 7.93. The molecule has 2 aromatic carbocycles. The van der Waals surface area contributed by atoms with Crippen LogP contribution in [0, 0.1) is 6.92 Å². The molecular weight excluding hydrogens is 458 g/mol. The van der Waals surface area contributed by atoms with Crippen molar-refractivity contribution < 1.29 is 25.2 Å². The minimum atomic E-state index is -4.25. The number of nitrogens with zero attached hydrogens (tertiary/aromatic N) is 1. The lowest BCUT2D eigenvalue weighted by Gasteiger charge is -2.19. The highest BCUT2D eigenvalue weighted by atomic mass is 32.3. The second kappa shape index (κ2) is 10.7. The number of hydrogen-bond acceptors (Lipinski definition) is 6. The molecule has 0 aliphatic rings. The van der Waals surface area contributed by atoms with E-state index in [4.69, 9.17) is 4.18 Å². The van der Waals surface area contributed by atoms with Crippen LogP contribution in [-0.2, 0) is 34.1 Å². The van der Waals surface area contributed by atoms with Crippen molar-refractivity contribution in [3.63, 3.8) is 0 Å². The summed E-state index contributed by atoms with van der Waals surface area (Å²) in [5.41, 5.74) is 0.875. The molecule has 0 N–H and O–H groups in total. The van der Waals surface area contributed by atoms with Crippen LogP contribution in [0.5, 0.6) is 0 Å². The van der Waals surface area contributed by atoms with Crippen LogP contribution in [0.25, 0.3) is 0 Å². The summed E-state index contributed by atoms with van der Waals surface area (Å²) in [6, 6.07) is 14.1. The first-order valence-electron chi connectivity index (χ1n) is 9.96. The third-order valence-corrected chi connectivity index (χ3v) is 9.57. The summed E-state index contributed by atoms with van der Waals surface area (Å²) in [6.45, 7) is 3.83. The highest BCUT2D eigenvalue weighted by Gasteiger charge is 2.27. The zero-order chi connectivity index (χ0) is 23.1. The number of sulfonamides is 1. The summed E-state index contributed by atoms with van der Waals surface area (Å²) >= 11 is 0. The van der Waals surface area contributed by atoms with Crippen molar-refractivity contribution in [3.8, 4) is 0 Å². The minimum Gasteiger partial charge on any atom is -0.266 e. The van der Waals surface area contributed by atoms with E-state index in [0.29, 0.717) is 12.8 Å². The molecule has 0 aliphatic carbocycles. The van der Waals surface area contributed by atoms with Crippen LogP contribution in [0.2, 0.25) is 0 Å². The Hall–Kier alpha value is -1.75. The van der Waals surface area contributed by atoms with E-state index in [-0.39, 0.29) is 15.5 Å². The molecule has 172 valence electrons. The zero-order valence-corrected chi connectivity index (χ0v) is 20.4. The van der Waals surface area contributed by atoms with Crippen LogP contribution in [-0.4, -0.2) is 39.2 Å². The smallest absolute Gasteiger partial charge is 0.266 e. The van der Waals surface area contributed by atoms with Crippen LogP contribution in [0.3, 0.4) is 0 Å². The average Bonchev–Trinajstić information content (AvgIpc) is 2.67. The van der Waals surface area contributed by atoms with Gasteiger partial charge in [0.1, 0.15) is 0 Å². The number of hydrogen-bond donors (Lipinski definition) is 0. The van der Waals surface area contributed by atoms with Crippen molar-refractivity contribution in [1.29, 1.82) is 0 Å². The lowest BCUT2D eigenvalue weighted by molar-refractivity contribution is 0.219. The van der Waals surface area contributed by atoms with Gasteiger partial charge in [-0.2, -0.15) is 16.8 Å². The minimum absolute atomic E-state index is 0.0756. The lowest BCUT2D eigenvalue weighted by atomic mass is 10.1. The van der Waals surface area contributed by atoms with E-state index < -0.39 is 36.0 Å². The molecule has 10 heteroatoms. The molecule has 0 fully saturated rings. The first-order chi connectivity index (χ1) is 14.5. The van der Waals surface area contributed by atoms with Gasteiger partial charge in [-0.3, -0.25) is 4.18 Å². The van der Waals surface area contributed by atoms with E-state index in [1.165, 1.54) is 24.3 Å². The maximum Gasteiger partial charge on any atom is 0.290 e. The van der Waals surface area contributed by atoms with Gasteiger partial charge in [-0.05, 0) is 37.6 Å². The standard InChI is InChI=1S/C21H29NO6S3/c1-4-5-7-10-19(28-29(3,23)24)17-30(25,20-11-8-6-9-12-20)22-31(26,27)21-15-13-18(2)14-16-21/h6,8-9,11-16,19H,4-5,7,10,17H2,1-3H3/t19-,30+/m0/s1. The van der Waals surface area contributed by atoms with E-state index in [9.17, 15) is 21.0 Å². The van der Waals surface area contributed by atoms with Crippen molar-refractivity contribution in [2.75, 3.05) is 12.0 Å². The van der Waals surface area contributed by atoms with E-state index in [0.717, 1.165) is 24.7 Å². The van der Waals surface area contributed by atoms with Crippen LogP contribution in [0.15, 0.2) is 68.2 Å². The summed E-state index contributed by atoms with van der Waals surface area (Å²) in [6.07, 6.45) is 2.70. The molecule has 0 amide bonds. The monoisotopic (exact) mass is 487 g/mol. The number of benzene rings is 2. The predicted molar refractivity (Wildman–Crippen MR) is 122 cm³/mol. The van der Waals surface area contributed by atoms with Crippen LogP contribution in [0.4, 0.5) is 0 Å². The van der Waals surface area contributed by atoms with Crippen molar-refractivity contribution >= 4 is 29.9 Å². The maximum atomic E-state index is 14.0. The van der Waals surface area contributed by atoms with Gasteiger partial charge in [0.2, 0.25) is 0 Å². The molecule has 0 spiro atoms. The lowest BCUT2D eigenvalue weighted by Crippen LogP contribution is -2.27. The summed E-state index contributed by atoms with van der Waals surface area (Å²) in [5, 5.41) is 0. The highest BCUT2D eigenvalue weighted by Crippen LogP contribution is 2.24. The van der Waals surface area contributed by atoms with E-state index >= 15 is 0 Å². The first kappa shape index (κ1) is 25.5. The molecule has 0 aromatic heterocycles. The summed E-state index contributed by atoms with van der Waals surface area (Å²) in [7, 11) is -11.6. The molecular formula is C21H29NO6S3. The molecule has 0 radical (unpaired) electrons. The Labute approximate surface area is 186 Å². The molecule has 31 heavy (non-hydrogen) atoms. The van der Waals surface area contributed by atoms with Crippen LogP contribution in [0.1, 0.15) is 38.2 Å². The van der Waals surface area contributed by atoms with Gasteiger partial charge < -0.3 is 0 Å². The Morgan fingerprint density at radius 2 is 1.48 bits per heavy atom. The number of unbranched alkanes of at least 4 members (excludes halogenated alkanes) is 2. The van der Waals surface area contributed by atoms with Gasteiger partial charge in [0.25, 0.3) is 20.1 Å². The fraction of sp³-hybridized carbons (Fsp3) is 0.429. The SMILES string of the molecule is CCCCC[C@@H](C[S@](=O)(=NS(=O)(=O)c1ccc(C)cc1)c1ccccc1)OS(C)(=O)=O. The van der Waals surface area contributed by atoms with Gasteiger partial charge >= 0.3 is 0 Å². The quantitative estimate of drug-likeness (QED) is 0.348. The predicted octanol–water partition coefficient (Wildman–Crippen LogP) is 4.14. The van der Waals surface area contributed by atoms with Gasteiger partial charge in [0, 0.05) is 4.90 Å². The summed E-state index contributed by atoms with van der Waals surface area (Å²) < 4.78 is 72.4. The van der Waals surface area contributed by atoms with Crippen molar-refractivity contribution in [3.05, 3.63) is 60.2 Å². The molecule has 0 unspecified atom stereocenters. The third kappa shape index (κ3) is 8.03. The molecule has 2 rings (SSSR count). The molecule has 0 saturated carbocycles. The fourth-order valence-electron chi connectivity index (χ4n) is 2.99. The van der Waals surface area contributed by atoms with E-state index in [1.807, 2.05) is 13.8 Å². The Morgan fingerprint density at radius 3 is 2.03 bits per heavy atom. The number of aryl methyl sites for hydroxylation is 1. The first-order valence-corrected chi connectivity index (χ1v) is 14.9. The Bertz CT molecular complexity index is 1180. The molecule has 7 nitrogen and oxygen atoms in total. The average molecular weight is 488 g/mol. The molecule has 0 saturated heterocycles. The Morgan fingerprint density at radius 1 is 0.871 bits per heavy atom. The Balaban J connectivity index is 2.56.